The van der Waals surface area contributed by atoms with E-state index in [2.05, 4.69) is 55.6 Å². The average molecular weight is 1580 g/mol. The van der Waals surface area contributed by atoms with Gasteiger partial charge >= 0.3 is 0 Å². The van der Waals surface area contributed by atoms with Gasteiger partial charge in [0.15, 0.2) is 18.9 Å². The summed E-state index contributed by atoms with van der Waals surface area (Å²) < 4.78 is 34.5. The zero-order valence-electron chi connectivity index (χ0n) is 70.5. The fraction of sp³-hybridized carbons (Fsp3) is 0.902. The van der Waals surface area contributed by atoms with Crippen molar-refractivity contribution in [2.75, 3.05) is 26.4 Å². The lowest BCUT2D eigenvalue weighted by molar-refractivity contribution is -0.379. The minimum Gasteiger partial charge on any atom is -0.394 e. The normalized spacial score (nSPS) is 25.2. The lowest BCUT2D eigenvalue weighted by Crippen LogP contribution is -2.66. The van der Waals surface area contributed by atoms with Crippen LogP contribution in [0.4, 0.5) is 0 Å². The molecule has 0 aromatic rings. The van der Waals surface area contributed by atoms with Crippen LogP contribution >= 0.6 is 0 Å². The van der Waals surface area contributed by atoms with Crippen LogP contribution in [0.1, 0.15) is 399 Å². The molecule has 17 unspecified atom stereocenters. The van der Waals surface area contributed by atoms with Gasteiger partial charge in [0.1, 0.15) is 73.2 Å². The van der Waals surface area contributed by atoms with Gasteiger partial charge in [-0.1, -0.05) is 377 Å². The van der Waals surface area contributed by atoms with E-state index in [0.29, 0.717) is 12.8 Å². The zero-order chi connectivity index (χ0) is 80.3. The third kappa shape index (κ3) is 50.3. The quantitative estimate of drug-likeness (QED) is 0.0199. The first-order valence-electron chi connectivity index (χ1n) is 46.4. The topological polar surface area (TPSA) is 307 Å². The second-order valence-corrected chi connectivity index (χ2v) is 33.1. The molecule has 0 aliphatic carbocycles. The Labute approximate surface area is 675 Å². The monoisotopic (exact) mass is 1580 g/mol. The highest BCUT2D eigenvalue weighted by atomic mass is 16.8. The molecule has 3 fully saturated rings. The largest absolute Gasteiger partial charge is 0.394 e. The molecule has 0 aromatic carbocycles. The van der Waals surface area contributed by atoms with Crippen molar-refractivity contribution >= 4 is 5.91 Å². The molecule has 3 saturated heterocycles. The SMILES string of the molecule is CCCCCCC/C=C\C/C=C\CCCCCCCCCCCCCCCCCCCCCCCC(=O)NC(COC1OC(CO)C(OC2OC(CO)C(OC3OC(CO)C(O)C(O)C3O)C(O)C2O)C(O)C1O)C(O)/C=C/CC/C=C/CCCCCCCCCCCCCCCCCCCCCCCCCCCCC. The van der Waals surface area contributed by atoms with E-state index < -0.39 is 124 Å². The first kappa shape index (κ1) is 103. The Morgan fingerprint density at radius 2 is 0.604 bits per heavy atom. The number of hydrogen-bond donors (Lipinski definition) is 12. The summed E-state index contributed by atoms with van der Waals surface area (Å²) in [6, 6.07) is -0.992. The molecule has 0 saturated carbocycles. The second kappa shape index (κ2) is 71.8. The zero-order valence-corrected chi connectivity index (χ0v) is 70.5. The third-order valence-electron chi connectivity index (χ3n) is 23.1. The van der Waals surface area contributed by atoms with E-state index in [0.717, 1.165) is 44.9 Å². The van der Waals surface area contributed by atoms with Crippen LogP contribution in [0.5, 0.6) is 0 Å². The molecule has 1 amide bonds. The van der Waals surface area contributed by atoms with Gasteiger partial charge in [-0.05, 0) is 64.2 Å². The molecule has 111 heavy (non-hydrogen) atoms. The van der Waals surface area contributed by atoms with Crippen molar-refractivity contribution in [1.29, 1.82) is 0 Å². The summed E-state index contributed by atoms with van der Waals surface area (Å²) in [5, 5.41) is 121. The first-order chi connectivity index (χ1) is 54.3. The van der Waals surface area contributed by atoms with E-state index in [1.807, 2.05) is 6.08 Å². The van der Waals surface area contributed by atoms with Crippen LogP contribution in [-0.2, 0) is 33.2 Å². The number of amides is 1. The molecule has 19 nitrogen and oxygen atoms in total. The number of carbonyl (C=O) groups is 1. The molecule has 0 radical (unpaired) electrons. The van der Waals surface area contributed by atoms with Crippen LogP contribution in [0.3, 0.4) is 0 Å². The van der Waals surface area contributed by atoms with E-state index in [1.165, 1.54) is 321 Å². The number of nitrogens with one attached hydrogen (secondary N) is 1. The van der Waals surface area contributed by atoms with Gasteiger partial charge in [0.25, 0.3) is 0 Å². The van der Waals surface area contributed by atoms with Crippen molar-refractivity contribution in [3.8, 4) is 0 Å². The number of carbonyl (C=O) groups excluding carboxylic acids is 1. The van der Waals surface area contributed by atoms with Gasteiger partial charge in [-0.25, -0.2) is 0 Å². The van der Waals surface area contributed by atoms with Crippen LogP contribution in [0.15, 0.2) is 48.6 Å². The lowest BCUT2D eigenvalue weighted by atomic mass is 9.96. The van der Waals surface area contributed by atoms with Crippen LogP contribution in [0.25, 0.3) is 0 Å². The van der Waals surface area contributed by atoms with E-state index >= 15 is 0 Å². The molecule has 3 rings (SSSR count). The number of allylic oxidation sites excluding steroid dienone is 7. The summed E-state index contributed by atoms with van der Waals surface area (Å²) in [7, 11) is 0. The summed E-state index contributed by atoms with van der Waals surface area (Å²) in [6.07, 6.45) is 67.1. The maximum atomic E-state index is 13.5. The predicted molar refractivity (Wildman–Crippen MR) is 448 cm³/mol. The molecule has 0 bridgehead atoms. The second-order valence-electron chi connectivity index (χ2n) is 33.1. The highest BCUT2D eigenvalue weighted by molar-refractivity contribution is 5.76. The van der Waals surface area contributed by atoms with Gasteiger partial charge in [-0.15, -0.1) is 0 Å². The van der Waals surface area contributed by atoms with Crippen molar-refractivity contribution < 1.29 is 89.4 Å². The number of aliphatic hydroxyl groups is 11. The predicted octanol–water partition coefficient (Wildman–Crippen LogP) is 18.0. The third-order valence-corrected chi connectivity index (χ3v) is 23.1. The fourth-order valence-corrected chi connectivity index (χ4v) is 15.7. The van der Waals surface area contributed by atoms with Gasteiger partial charge in [-0.2, -0.15) is 0 Å². The van der Waals surface area contributed by atoms with Gasteiger partial charge in [-0.3, -0.25) is 4.79 Å². The first-order valence-corrected chi connectivity index (χ1v) is 46.4. The van der Waals surface area contributed by atoms with Crippen molar-refractivity contribution in [1.82, 2.24) is 5.32 Å². The standard InChI is InChI=1S/C92H171NO18/c1-3-5-7-9-11-13-15-17-19-21-23-25-27-29-31-33-35-37-39-41-43-45-47-49-51-53-55-57-59-61-63-65-67-69-76(97)75(74-106-90-86(104)83(101)88(78(72-95)108-90)111-92-87(105)84(102)89(79(73-96)109-92)110-91-85(103)82(100)81(99)77(71-94)107-91)93-80(98)70-68-66-64-62-60-58-56-54-52-50-48-46-44-42-40-38-36-34-32-30-28-26-24-22-20-18-16-14-12-10-8-6-4-2/h16,18,22,24,59,61,67,69,75-79,81-92,94-97,99-105H,3-15,17,19-21,23,25-58,60,62-66,68,70-74H2,1-2H3,(H,93,98)/b18-16-,24-22-,61-59+,69-67+. The highest BCUT2D eigenvalue weighted by Crippen LogP contribution is 2.34. The molecule has 652 valence electrons. The average Bonchev–Trinajstić information content (AvgIpc) is 0.780. The number of hydrogen-bond acceptors (Lipinski definition) is 18. The van der Waals surface area contributed by atoms with Gasteiger partial charge < -0.3 is 89.9 Å². The summed E-state index contributed by atoms with van der Waals surface area (Å²) in [4.78, 5) is 13.5. The van der Waals surface area contributed by atoms with Crippen molar-refractivity contribution in [3.05, 3.63) is 48.6 Å². The van der Waals surface area contributed by atoms with Crippen LogP contribution < -0.4 is 5.32 Å². The minimum absolute atomic E-state index is 0.238. The lowest BCUT2D eigenvalue weighted by Gasteiger charge is -2.48. The fourth-order valence-electron chi connectivity index (χ4n) is 15.7. The summed E-state index contributed by atoms with van der Waals surface area (Å²) in [6.45, 7) is 1.77. The van der Waals surface area contributed by atoms with E-state index in [4.69, 9.17) is 28.4 Å². The van der Waals surface area contributed by atoms with Crippen molar-refractivity contribution in [3.63, 3.8) is 0 Å². The molecule has 3 aliphatic heterocycles. The number of unbranched alkanes of at least 4 members (excludes halogenated alkanes) is 54. The molecule has 12 N–H and O–H groups in total. The van der Waals surface area contributed by atoms with Crippen molar-refractivity contribution in [2.24, 2.45) is 0 Å². The summed E-state index contributed by atoms with van der Waals surface area (Å²) in [5.74, 6) is -0.278. The van der Waals surface area contributed by atoms with Crippen LogP contribution in [-0.4, -0.2) is 193 Å². The summed E-state index contributed by atoms with van der Waals surface area (Å²) >= 11 is 0. The Balaban J connectivity index is 1.33. The van der Waals surface area contributed by atoms with E-state index in [9.17, 15) is 61.0 Å². The number of ether oxygens (including phenoxy) is 6. The number of aliphatic hydroxyl groups excluding tert-OH is 11. The summed E-state index contributed by atoms with van der Waals surface area (Å²) in [5.41, 5.74) is 0. The Hall–Kier alpha value is -2.25. The minimum atomic E-state index is -1.98. The smallest absolute Gasteiger partial charge is 0.220 e. The Morgan fingerprint density at radius 1 is 0.324 bits per heavy atom. The maximum absolute atomic E-state index is 13.5. The molecule has 17 atom stereocenters. The molecule has 3 aliphatic rings. The Bertz CT molecular complexity index is 2190. The van der Waals surface area contributed by atoms with Crippen LogP contribution in [0, 0.1) is 0 Å². The van der Waals surface area contributed by atoms with E-state index in [-0.39, 0.29) is 18.9 Å². The van der Waals surface area contributed by atoms with Crippen molar-refractivity contribution in [2.45, 2.75) is 503 Å². The molecular formula is C92H171NO18. The van der Waals surface area contributed by atoms with Crippen LogP contribution in [0.2, 0.25) is 0 Å². The molecule has 0 aromatic heterocycles. The van der Waals surface area contributed by atoms with Gasteiger partial charge in [0.05, 0.1) is 38.6 Å². The Morgan fingerprint density at radius 3 is 0.955 bits per heavy atom. The molecule has 0 spiro atoms. The van der Waals surface area contributed by atoms with Gasteiger partial charge in [0, 0.05) is 6.42 Å². The highest BCUT2D eigenvalue weighted by Gasteiger charge is 2.54. The van der Waals surface area contributed by atoms with E-state index in [1.54, 1.807) is 6.08 Å². The Kier molecular flexibility index (Phi) is 66.6. The number of rotatable bonds is 76. The maximum Gasteiger partial charge on any atom is 0.220 e. The molecule has 3 heterocycles. The van der Waals surface area contributed by atoms with Gasteiger partial charge in [0.2, 0.25) is 5.91 Å². The molecular weight excluding hydrogens is 1410 g/mol. The molecule has 19 heteroatoms.